The number of nitrogens with one attached hydrogen (secondary N) is 1. The van der Waals surface area contributed by atoms with Gasteiger partial charge in [-0.15, -0.1) is 0 Å². The molecule has 0 spiro atoms. The molecule has 19 heavy (non-hydrogen) atoms. The van der Waals surface area contributed by atoms with Gasteiger partial charge in [0.25, 0.3) is 0 Å². The topological polar surface area (TPSA) is 21.3 Å². The fourth-order valence-corrected chi connectivity index (χ4v) is 3.99. The van der Waals surface area contributed by atoms with Crippen molar-refractivity contribution >= 4 is 0 Å². The molecule has 2 nitrogen and oxygen atoms in total. The average Bonchev–Trinajstić information content (AvgIpc) is 2.82. The molecule has 112 valence electrons. The molecule has 0 aromatic heterocycles. The van der Waals surface area contributed by atoms with Gasteiger partial charge in [0.05, 0.1) is 12.2 Å². The molecule has 2 heteroatoms. The van der Waals surface area contributed by atoms with Gasteiger partial charge in [0.15, 0.2) is 0 Å². The molecule has 0 amide bonds. The Morgan fingerprint density at radius 1 is 1.11 bits per heavy atom. The Morgan fingerprint density at radius 3 is 2.58 bits per heavy atom. The van der Waals surface area contributed by atoms with Crippen LogP contribution >= 0.6 is 0 Å². The molecule has 0 bridgehead atoms. The smallest absolute Gasteiger partial charge is 0.0583 e. The fraction of sp³-hybridized carbons (Fsp3) is 1.00. The normalized spacial score (nSPS) is 39.6. The van der Waals surface area contributed by atoms with Gasteiger partial charge in [-0.05, 0) is 70.3 Å². The van der Waals surface area contributed by atoms with E-state index in [0.29, 0.717) is 12.2 Å². The van der Waals surface area contributed by atoms with Crippen LogP contribution in [0.5, 0.6) is 0 Å². The molecule has 1 saturated carbocycles. The zero-order chi connectivity index (χ0) is 13.7. The number of hydrogen-bond donors (Lipinski definition) is 1. The highest BCUT2D eigenvalue weighted by molar-refractivity contribution is 4.87. The van der Waals surface area contributed by atoms with E-state index in [2.05, 4.69) is 26.1 Å². The summed E-state index contributed by atoms with van der Waals surface area (Å²) in [6.07, 6.45) is 11.7. The lowest BCUT2D eigenvalue weighted by molar-refractivity contribution is 0.0279. The molecule has 1 saturated heterocycles. The molecule has 0 radical (unpaired) electrons. The van der Waals surface area contributed by atoms with Crippen molar-refractivity contribution in [1.82, 2.24) is 5.32 Å². The van der Waals surface area contributed by atoms with Crippen LogP contribution in [0.2, 0.25) is 0 Å². The third kappa shape index (κ3) is 4.46. The summed E-state index contributed by atoms with van der Waals surface area (Å²) in [5, 5.41) is 3.80. The van der Waals surface area contributed by atoms with E-state index in [-0.39, 0.29) is 0 Å². The van der Waals surface area contributed by atoms with Crippen molar-refractivity contribution in [3.8, 4) is 0 Å². The maximum atomic E-state index is 6.06. The molecule has 1 N–H and O–H groups in total. The molecule has 5 atom stereocenters. The van der Waals surface area contributed by atoms with E-state index in [9.17, 15) is 0 Å². The van der Waals surface area contributed by atoms with Gasteiger partial charge in [0, 0.05) is 6.04 Å². The molecule has 1 aliphatic heterocycles. The lowest BCUT2D eigenvalue weighted by Crippen LogP contribution is -2.42. The van der Waals surface area contributed by atoms with Gasteiger partial charge in [-0.3, -0.25) is 0 Å². The van der Waals surface area contributed by atoms with Crippen molar-refractivity contribution in [3.63, 3.8) is 0 Å². The second-order valence-electron chi connectivity index (χ2n) is 6.79. The standard InChI is InChI=1S/C17H33NO/c1-4-10-18-17-9-7-14(5-2)11-15(17)12-16-8-6-13(3)19-16/h13-18H,4-12H2,1-3H3. The van der Waals surface area contributed by atoms with Crippen LogP contribution in [0.4, 0.5) is 0 Å². The molecule has 1 heterocycles. The van der Waals surface area contributed by atoms with Crippen molar-refractivity contribution in [2.45, 2.75) is 90.4 Å². The molecule has 5 unspecified atom stereocenters. The van der Waals surface area contributed by atoms with Crippen molar-refractivity contribution in [2.75, 3.05) is 6.54 Å². The molecule has 2 aliphatic rings. The third-order valence-electron chi connectivity index (χ3n) is 5.21. The Bertz CT molecular complexity index is 256. The SMILES string of the molecule is CCCNC1CCC(CC)CC1CC1CCC(C)O1. The van der Waals surface area contributed by atoms with Gasteiger partial charge in [-0.2, -0.15) is 0 Å². The highest BCUT2D eigenvalue weighted by atomic mass is 16.5. The van der Waals surface area contributed by atoms with E-state index in [4.69, 9.17) is 4.74 Å². The summed E-state index contributed by atoms with van der Waals surface area (Å²) in [5.74, 6) is 1.81. The summed E-state index contributed by atoms with van der Waals surface area (Å²) < 4.78 is 6.06. The molecular formula is C17H33NO. The van der Waals surface area contributed by atoms with E-state index in [1.807, 2.05) is 0 Å². The molecule has 1 aliphatic carbocycles. The van der Waals surface area contributed by atoms with Gasteiger partial charge in [-0.1, -0.05) is 20.3 Å². The first-order valence-electron chi connectivity index (χ1n) is 8.61. The van der Waals surface area contributed by atoms with Crippen LogP contribution in [0.1, 0.15) is 72.1 Å². The maximum absolute atomic E-state index is 6.06. The fourth-order valence-electron chi connectivity index (χ4n) is 3.99. The summed E-state index contributed by atoms with van der Waals surface area (Å²) in [6, 6.07) is 0.752. The molecule has 0 aromatic carbocycles. The average molecular weight is 267 g/mol. The maximum Gasteiger partial charge on any atom is 0.0583 e. The summed E-state index contributed by atoms with van der Waals surface area (Å²) >= 11 is 0. The van der Waals surface area contributed by atoms with Crippen molar-refractivity contribution in [2.24, 2.45) is 11.8 Å². The molecule has 2 rings (SSSR count). The van der Waals surface area contributed by atoms with Gasteiger partial charge in [0.1, 0.15) is 0 Å². The lowest BCUT2D eigenvalue weighted by Gasteiger charge is -2.37. The van der Waals surface area contributed by atoms with Crippen LogP contribution in [0.25, 0.3) is 0 Å². The van der Waals surface area contributed by atoms with E-state index in [1.54, 1.807) is 0 Å². The Balaban J connectivity index is 1.86. The zero-order valence-electron chi connectivity index (χ0n) is 13.2. The van der Waals surface area contributed by atoms with E-state index in [1.165, 1.54) is 57.9 Å². The van der Waals surface area contributed by atoms with E-state index in [0.717, 1.165) is 17.9 Å². The minimum atomic E-state index is 0.498. The monoisotopic (exact) mass is 267 g/mol. The minimum absolute atomic E-state index is 0.498. The van der Waals surface area contributed by atoms with Gasteiger partial charge >= 0.3 is 0 Å². The molecule has 2 fully saturated rings. The zero-order valence-corrected chi connectivity index (χ0v) is 13.2. The quantitative estimate of drug-likeness (QED) is 0.781. The number of hydrogen-bond acceptors (Lipinski definition) is 2. The molecular weight excluding hydrogens is 234 g/mol. The van der Waals surface area contributed by atoms with E-state index < -0.39 is 0 Å². The minimum Gasteiger partial charge on any atom is -0.375 e. The van der Waals surface area contributed by atoms with Gasteiger partial charge in [-0.25, -0.2) is 0 Å². The highest BCUT2D eigenvalue weighted by Gasteiger charge is 2.33. The predicted molar refractivity (Wildman–Crippen MR) is 81.4 cm³/mol. The highest BCUT2D eigenvalue weighted by Crippen LogP contribution is 2.36. The van der Waals surface area contributed by atoms with Crippen LogP contribution in [-0.4, -0.2) is 24.8 Å². The van der Waals surface area contributed by atoms with Crippen LogP contribution in [0.15, 0.2) is 0 Å². The predicted octanol–water partition coefficient (Wildman–Crippen LogP) is 4.14. The number of ether oxygens (including phenoxy) is 1. The summed E-state index contributed by atoms with van der Waals surface area (Å²) in [6.45, 7) is 8.03. The summed E-state index contributed by atoms with van der Waals surface area (Å²) in [4.78, 5) is 0. The summed E-state index contributed by atoms with van der Waals surface area (Å²) in [7, 11) is 0. The first kappa shape index (κ1) is 15.3. The van der Waals surface area contributed by atoms with Gasteiger partial charge in [0.2, 0.25) is 0 Å². The van der Waals surface area contributed by atoms with Crippen molar-refractivity contribution < 1.29 is 4.74 Å². The van der Waals surface area contributed by atoms with Crippen LogP contribution < -0.4 is 5.32 Å². The second-order valence-corrected chi connectivity index (χ2v) is 6.79. The Hall–Kier alpha value is -0.0800. The largest absolute Gasteiger partial charge is 0.375 e. The molecule has 0 aromatic rings. The van der Waals surface area contributed by atoms with Crippen LogP contribution in [0.3, 0.4) is 0 Å². The Morgan fingerprint density at radius 2 is 1.95 bits per heavy atom. The lowest BCUT2D eigenvalue weighted by atomic mass is 9.74. The Labute approximate surface area is 119 Å². The second kappa shape index (κ2) is 7.64. The van der Waals surface area contributed by atoms with Gasteiger partial charge < -0.3 is 10.1 Å². The first-order chi connectivity index (χ1) is 9.22. The third-order valence-corrected chi connectivity index (χ3v) is 5.21. The van der Waals surface area contributed by atoms with E-state index >= 15 is 0 Å². The van der Waals surface area contributed by atoms with Crippen LogP contribution in [0, 0.1) is 11.8 Å². The summed E-state index contributed by atoms with van der Waals surface area (Å²) in [5.41, 5.74) is 0. The number of rotatable bonds is 6. The van der Waals surface area contributed by atoms with Crippen LogP contribution in [-0.2, 0) is 4.74 Å². The Kier molecular flexibility index (Phi) is 6.15. The first-order valence-corrected chi connectivity index (χ1v) is 8.61. The van der Waals surface area contributed by atoms with Crippen molar-refractivity contribution in [3.05, 3.63) is 0 Å². The van der Waals surface area contributed by atoms with Crippen molar-refractivity contribution in [1.29, 1.82) is 0 Å².